The average Bonchev–Trinajstić information content (AvgIpc) is 2.66. The van der Waals surface area contributed by atoms with Crippen LogP contribution < -0.4 is 0 Å². The molecule has 0 amide bonds. The molecule has 1 N–H and O–H groups in total. The predicted octanol–water partition coefficient (Wildman–Crippen LogP) is 1.06. The fraction of sp³-hybridized carbons (Fsp3) is 0.727. The third-order valence-electron chi connectivity index (χ3n) is 3.17. The van der Waals surface area contributed by atoms with E-state index in [2.05, 4.69) is 17.1 Å². The lowest BCUT2D eigenvalue weighted by Gasteiger charge is -2.34. The van der Waals surface area contributed by atoms with E-state index in [0.29, 0.717) is 30.7 Å². The molecule has 0 radical (unpaired) electrons. The van der Waals surface area contributed by atoms with E-state index in [9.17, 15) is 9.90 Å². The van der Waals surface area contributed by atoms with Gasteiger partial charge in [-0.05, 0) is 25.3 Å². The molecule has 17 heavy (non-hydrogen) atoms. The maximum Gasteiger partial charge on any atom is 0.320 e. The van der Waals surface area contributed by atoms with Gasteiger partial charge >= 0.3 is 5.97 Å². The summed E-state index contributed by atoms with van der Waals surface area (Å²) in [5, 5.41) is 16.8. The van der Waals surface area contributed by atoms with Crippen LogP contribution in [0.15, 0.2) is 4.42 Å². The van der Waals surface area contributed by atoms with E-state index in [-0.39, 0.29) is 0 Å². The van der Waals surface area contributed by atoms with Gasteiger partial charge in [0.2, 0.25) is 11.8 Å². The van der Waals surface area contributed by atoms with Gasteiger partial charge < -0.3 is 9.52 Å². The third kappa shape index (κ3) is 2.82. The summed E-state index contributed by atoms with van der Waals surface area (Å²) in [4.78, 5) is 13.1. The minimum atomic E-state index is -0.771. The number of rotatable bonds is 3. The first kappa shape index (κ1) is 12.0. The quantitative estimate of drug-likeness (QED) is 0.849. The Morgan fingerprint density at radius 3 is 2.94 bits per heavy atom. The van der Waals surface area contributed by atoms with Gasteiger partial charge in [-0.2, -0.15) is 0 Å². The minimum absolute atomic E-state index is 0.421. The van der Waals surface area contributed by atoms with Crippen LogP contribution in [0.3, 0.4) is 0 Å². The number of carboxylic acid groups (broad SMARTS) is 1. The van der Waals surface area contributed by atoms with Crippen LogP contribution in [0, 0.1) is 12.8 Å². The molecule has 1 aliphatic rings. The molecule has 2 unspecified atom stereocenters. The van der Waals surface area contributed by atoms with E-state index in [1.807, 2.05) is 4.90 Å². The Balaban J connectivity index is 2.05. The Kier molecular flexibility index (Phi) is 3.42. The van der Waals surface area contributed by atoms with Crippen LogP contribution in [-0.2, 0) is 11.3 Å². The van der Waals surface area contributed by atoms with Gasteiger partial charge in [0.05, 0.1) is 6.54 Å². The van der Waals surface area contributed by atoms with Crippen molar-refractivity contribution in [3.8, 4) is 0 Å². The monoisotopic (exact) mass is 239 g/mol. The summed E-state index contributed by atoms with van der Waals surface area (Å²) in [7, 11) is 0. The van der Waals surface area contributed by atoms with E-state index in [4.69, 9.17) is 4.42 Å². The summed E-state index contributed by atoms with van der Waals surface area (Å²) in [6, 6.07) is -0.439. The van der Waals surface area contributed by atoms with Gasteiger partial charge in [-0.3, -0.25) is 9.69 Å². The topological polar surface area (TPSA) is 79.5 Å². The SMILES string of the molecule is Cc1nnc(CN2CCC(C)CC2C(=O)O)o1. The van der Waals surface area contributed by atoms with E-state index in [1.165, 1.54) is 0 Å². The second-order valence-corrected chi connectivity index (χ2v) is 4.67. The first-order chi connectivity index (χ1) is 8.06. The number of hydrogen-bond donors (Lipinski definition) is 1. The van der Waals surface area contributed by atoms with Crippen LogP contribution in [0.5, 0.6) is 0 Å². The highest BCUT2D eigenvalue weighted by molar-refractivity contribution is 5.73. The van der Waals surface area contributed by atoms with Crippen LogP contribution in [0.1, 0.15) is 31.5 Å². The first-order valence-electron chi connectivity index (χ1n) is 5.82. The Morgan fingerprint density at radius 1 is 1.59 bits per heavy atom. The van der Waals surface area contributed by atoms with E-state index < -0.39 is 12.0 Å². The highest BCUT2D eigenvalue weighted by Crippen LogP contribution is 2.24. The highest BCUT2D eigenvalue weighted by atomic mass is 16.4. The van der Waals surface area contributed by atoms with Crippen molar-refractivity contribution >= 4 is 5.97 Å². The largest absolute Gasteiger partial charge is 0.480 e. The molecule has 1 fully saturated rings. The van der Waals surface area contributed by atoms with Gasteiger partial charge in [-0.15, -0.1) is 10.2 Å². The van der Waals surface area contributed by atoms with Crippen molar-refractivity contribution < 1.29 is 14.3 Å². The molecule has 1 saturated heterocycles. The lowest BCUT2D eigenvalue weighted by Crippen LogP contribution is -2.46. The van der Waals surface area contributed by atoms with Crippen molar-refractivity contribution in [2.24, 2.45) is 5.92 Å². The molecule has 1 aliphatic heterocycles. The van der Waals surface area contributed by atoms with Crippen LogP contribution in [0.25, 0.3) is 0 Å². The van der Waals surface area contributed by atoms with Gasteiger partial charge in [0.1, 0.15) is 6.04 Å². The minimum Gasteiger partial charge on any atom is -0.480 e. The molecule has 1 aromatic rings. The number of piperidine rings is 1. The molecular weight excluding hydrogens is 222 g/mol. The summed E-state index contributed by atoms with van der Waals surface area (Å²) in [5.41, 5.74) is 0. The van der Waals surface area contributed by atoms with Gasteiger partial charge in [0, 0.05) is 6.92 Å². The zero-order valence-corrected chi connectivity index (χ0v) is 10.1. The molecule has 2 atom stereocenters. The summed E-state index contributed by atoms with van der Waals surface area (Å²) >= 11 is 0. The molecular formula is C11H17N3O3. The zero-order chi connectivity index (χ0) is 12.4. The lowest BCUT2D eigenvalue weighted by atomic mass is 9.92. The standard InChI is InChI=1S/C11H17N3O3/c1-7-3-4-14(9(5-7)11(15)16)6-10-13-12-8(2)17-10/h7,9H,3-6H2,1-2H3,(H,15,16). The fourth-order valence-electron chi connectivity index (χ4n) is 2.21. The summed E-state index contributed by atoms with van der Waals surface area (Å²) < 4.78 is 5.28. The summed E-state index contributed by atoms with van der Waals surface area (Å²) in [6.07, 6.45) is 1.69. The number of likely N-dealkylation sites (tertiary alicyclic amines) is 1. The predicted molar refractivity (Wildman–Crippen MR) is 59.3 cm³/mol. The average molecular weight is 239 g/mol. The van der Waals surface area contributed by atoms with E-state index in [1.54, 1.807) is 6.92 Å². The van der Waals surface area contributed by atoms with Crippen molar-refractivity contribution in [3.63, 3.8) is 0 Å². The number of aryl methyl sites for hydroxylation is 1. The third-order valence-corrected chi connectivity index (χ3v) is 3.17. The van der Waals surface area contributed by atoms with Crippen LogP contribution in [0.4, 0.5) is 0 Å². The first-order valence-corrected chi connectivity index (χ1v) is 5.82. The van der Waals surface area contributed by atoms with Crippen LogP contribution in [-0.4, -0.2) is 38.8 Å². The Labute approximate surface area is 99.6 Å². The normalized spacial score (nSPS) is 26.0. The lowest BCUT2D eigenvalue weighted by molar-refractivity contribution is -0.145. The van der Waals surface area contributed by atoms with Gasteiger partial charge in [0.15, 0.2) is 0 Å². The molecule has 0 bridgehead atoms. The number of aliphatic carboxylic acids is 1. The molecule has 0 aromatic carbocycles. The molecule has 94 valence electrons. The molecule has 1 aromatic heterocycles. The van der Waals surface area contributed by atoms with Crippen molar-refractivity contribution in [3.05, 3.63) is 11.8 Å². The number of carboxylic acids is 1. The number of nitrogens with zero attached hydrogens (tertiary/aromatic N) is 3. The van der Waals surface area contributed by atoms with Gasteiger partial charge in [-0.1, -0.05) is 6.92 Å². The Hall–Kier alpha value is -1.43. The molecule has 6 heteroatoms. The van der Waals surface area contributed by atoms with Gasteiger partial charge in [-0.25, -0.2) is 0 Å². The smallest absolute Gasteiger partial charge is 0.320 e. The van der Waals surface area contributed by atoms with Crippen LogP contribution in [0.2, 0.25) is 0 Å². The van der Waals surface area contributed by atoms with E-state index >= 15 is 0 Å². The van der Waals surface area contributed by atoms with Crippen molar-refractivity contribution in [1.82, 2.24) is 15.1 Å². The summed E-state index contributed by atoms with van der Waals surface area (Å²) in [6.45, 7) is 5.00. The second-order valence-electron chi connectivity index (χ2n) is 4.67. The number of aromatic nitrogens is 2. The number of hydrogen-bond acceptors (Lipinski definition) is 5. The maximum absolute atomic E-state index is 11.2. The van der Waals surface area contributed by atoms with Crippen molar-refractivity contribution in [2.75, 3.05) is 6.54 Å². The second kappa shape index (κ2) is 4.83. The van der Waals surface area contributed by atoms with Gasteiger partial charge in [0.25, 0.3) is 0 Å². The highest BCUT2D eigenvalue weighted by Gasteiger charge is 2.32. The van der Waals surface area contributed by atoms with Crippen LogP contribution >= 0.6 is 0 Å². The number of carbonyl (C=O) groups is 1. The summed E-state index contributed by atoms with van der Waals surface area (Å²) in [5.74, 6) is 0.685. The maximum atomic E-state index is 11.2. The molecule has 6 nitrogen and oxygen atoms in total. The molecule has 0 saturated carbocycles. The Bertz CT molecular complexity index is 404. The van der Waals surface area contributed by atoms with Crippen molar-refractivity contribution in [1.29, 1.82) is 0 Å². The van der Waals surface area contributed by atoms with E-state index in [0.717, 1.165) is 13.0 Å². The molecule has 0 aliphatic carbocycles. The zero-order valence-electron chi connectivity index (χ0n) is 10.1. The fourth-order valence-corrected chi connectivity index (χ4v) is 2.21. The van der Waals surface area contributed by atoms with Crippen molar-refractivity contribution in [2.45, 2.75) is 39.3 Å². The molecule has 2 rings (SSSR count). The Morgan fingerprint density at radius 2 is 2.35 bits per heavy atom. The molecule has 0 spiro atoms. The molecule has 2 heterocycles.